The van der Waals surface area contributed by atoms with Gasteiger partial charge in [0.2, 0.25) is 0 Å². The fraction of sp³-hybridized carbons (Fsp3) is 0.394. The molecule has 1 aliphatic heterocycles. The molecule has 2 saturated carbocycles. The molecule has 2 fully saturated rings. The Balaban J connectivity index is 0.000000145. The molecule has 4 heteroatoms. The molecule has 1 heterocycles. The van der Waals surface area contributed by atoms with Crippen molar-refractivity contribution in [2.24, 2.45) is 35.5 Å². The summed E-state index contributed by atoms with van der Waals surface area (Å²) in [6.07, 6.45) is 19.8. The van der Waals surface area contributed by atoms with Crippen LogP contribution in [0.15, 0.2) is 146 Å². The largest absolute Gasteiger partial charge is 0.507 e. The van der Waals surface area contributed by atoms with Crippen LogP contribution in [0.25, 0.3) is 65.3 Å². The summed E-state index contributed by atoms with van der Waals surface area (Å²) < 4.78 is 13.4. The summed E-state index contributed by atoms with van der Waals surface area (Å²) in [4.78, 5) is 0. The number of aromatic hydroxyl groups is 2. The highest BCUT2D eigenvalue weighted by Gasteiger charge is 2.31. The zero-order valence-corrected chi connectivity index (χ0v) is 42.3. The van der Waals surface area contributed by atoms with Crippen LogP contribution in [-0.4, -0.2) is 23.4 Å². The molecule has 364 valence electrons. The van der Waals surface area contributed by atoms with Crippen molar-refractivity contribution in [1.29, 1.82) is 0 Å². The smallest absolute Gasteiger partial charge is 0.127 e. The van der Waals surface area contributed by atoms with E-state index in [0.717, 1.165) is 81.1 Å². The van der Waals surface area contributed by atoms with Gasteiger partial charge in [-0.2, -0.15) is 0 Å². The van der Waals surface area contributed by atoms with E-state index in [-0.39, 0.29) is 11.5 Å². The summed E-state index contributed by atoms with van der Waals surface area (Å²) in [5.74, 6) is 7.48. The number of benzene rings is 8. The van der Waals surface area contributed by atoms with Crippen LogP contribution in [0.4, 0.5) is 0 Å². The van der Waals surface area contributed by atoms with Crippen LogP contribution in [0.5, 0.6) is 23.0 Å². The minimum Gasteiger partial charge on any atom is -0.507 e. The lowest BCUT2D eigenvalue weighted by Gasteiger charge is -2.33. The van der Waals surface area contributed by atoms with Gasteiger partial charge in [0.25, 0.3) is 0 Å². The van der Waals surface area contributed by atoms with Crippen LogP contribution >= 0.6 is 0 Å². The Labute approximate surface area is 418 Å². The molecule has 8 aromatic rings. The Bertz CT molecular complexity index is 2790. The number of phenolic OH excluding ortho intramolecular Hbond substituents is 2. The number of fused-ring (bicyclic) bond motifs is 9. The van der Waals surface area contributed by atoms with Gasteiger partial charge in [-0.25, -0.2) is 0 Å². The van der Waals surface area contributed by atoms with Gasteiger partial charge in [0.05, 0.1) is 13.2 Å². The average molecular weight is 933 g/mol. The first kappa shape index (κ1) is 49.0. The first-order chi connectivity index (χ1) is 34.4. The van der Waals surface area contributed by atoms with Crippen molar-refractivity contribution in [3.05, 3.63) is 146 Å². The zero-order chi connectivity index (χ0) is 48.4. The Morgan fingerprint density at radius 3 is 1.14 bits per heavy atom. The quantitative estimate of drug-likeness (QED) is 0.151. The van der Waals surface area contributed by atoms with Crippen LogP contribution in [0, 0.1) is 35.5 Å². The summed E-state index contributed by atoms with van der Waals surface area (Å²) in [5.41, 5.74) is 3.68. The van der Waals surface area contributed by atoms with Crippen LogP contribution in [0.2, 0.25) is 0 Å². The van der Waals surface area contributed by atoms with Gasteiger partial charge in [0, 0.05) is 28.2 Å². The highest BCUT2D eigenvalue weighted by atomic mass is 16.5. The lowest BCUT2D eigenvalue weighted by Crippen LogP contribution is -2.30. The monoisotopic (exact) mass is 933 g/mol. The molecule has 2 aliphatic carbocycles. The summed E-state index contributed by atoms with van der Waals surface area (Å²) >= 11 is 0. The minimum atomic E-state index is 0.172. The third-order valence-corrected chi connectivity index (χ3v) is 16.6. The molecule has 0 amide bonds. The molecular formula is C66H76O4. The number of phenols is 2. The average Bonchev–Trinajstić information content (AvgIpc) is 3.49. The van der Waals surface area contributed by atoms with Gasteiger partial charge in [-0.3, -0.25) is 0 Å². The fourth-order valence-electron chi connectivity index (χ4n) is 12.7. The summed E-state index contributed by atoms with van der Waals surface area (Å²) in [6.45, 7) is 10.8. The van der Waals surface area contributed by atoms with Crippen molar-refractivity contribution in [3.8, 4) is 45.3 Å². The van der Waals surface area contributed by atoms with Crippen molar-refractivity contribution in [1.82, 2.24) is 0 Å². The van der Waals surface area contributed by atoms with E-state index < -0.39 is 0 Å². The highest BCUT2D eigenvalue weighted by molar-refractivity contribution is 6.11. The predicted octanol–water partition coefficient (Wildman–Crippen LogP) is 18.8. The van der Waals surface area contributed by atoms with Crippen LogP contribution in [0.1, 0.15) is 118 Å². The molecular weight excluding hydrogens is 857 g/mol. The second-order valence-corrected chi connectivity index (χ2v) is 20.8. The predicted molar refractivity (Wildman–Crippen MR) is 296 cm³/mol. The van der Waals surface area contributed by atoms with E-state index in [2.05, 4.69) is 100 Å². The van der Waals surface area contributed by atoms with Crippen molar-refractivity contribution in [2.45, 2.75) is 118 Å². The van der Waals surface area contributed by atoms with E-state index in [9.17, 15) is 10.2 Å². The number of ether oxygens (including phenoxy) is 2. The third kappa shape index (κ3) is 10.8. The maximum atomic E-state index is 10.4. The van der Waals surface area contributed by atoms with Crippen LogP contribution < -0.4 is 9.47 Å². The SMILES string of the molecule is CCCC1CCC(C(CC)CC)CC1.CCCC1CCC(C2COc3ccc4ccccc4c3-c3c(ccc4ccccc34)OC2)CC1.Oc1ccc2ccccc2c1-c1c(O)ccc2ccccc12. The number of rotatable bonds is 9. The molecule has 0 atom stereocenters. The van der Waals surface area contributed by atoms with Crippen molar-refractivity contribution in [3.63, 3.8) is 0 Å². The van der Waals surface area contributed by atoms with Crippen LogP contribution in [-0.2, 0) is 0 Å². The zero-order valence-electron chi connectivity index (χ0n) is 42.3. The van der Waals surface area contributed by atoms with E-state index in [1.165, 1.54) is 111 Å². The minimum absolute atomic E-state index is 0.172. The highest BCUT2D eigenvalue weighted by Crippen LogP contribution is 2.48. The van der Waals surface area contributed by atoms with E-state index in [1.807, 2.05) is 60.7 Å². The van der Waals surface area contributed by atoms with E-state index in [1.54, 1.807) is 12.1 Å². The lowest BCUT2D eigenvalue weighted by molar-refractivity contribution is 0.0983. The van der Waals surface area contributed by atoms with Crippen LogP contribution in [0.3, 0.4) is 0 Å². The van der Waals surface area contributed by atoms with Gasteiger partial charge in [0.15, 0.2) is 0 Å². The number of hydrogen-bond acceptors (Lipinski definition) is 4. The van der Waals surface area contributed by atoms with Gasteiger partial charge >= 0.3 is 0 Å². The molecule has 8 aromatic carbocycles. The van der Waals surface area contributed by atoms with Gasteiger partial charge in [-0.1, -0.05) is 213 Å². The standard InChI is InChI=1S/C32H34O2.C20H14O2.C14H28/c1-2-7-22-12-14-23(15-13-22)26-20-33-29-18-16-24-8-3-5-10-27(24)31(29)32-28-11-6-4-9-25(28)17-19-30(32)34-21-26;21-17-11-9-13-5-1-3-7-15(13)19(17)20-16-8-4-2-6-14(16)10-12-18(20)22;1-4-7-12-8-10-14(11-9-12)13(5-2)6-3/h3-6,8-11,16-19,22-23,26H,2,7,12-15,20-21H2,1H3;1-12,21-22H;12-14H,4-11H2,1-3H3. The molecule has 11 rings (SSSR count). The summed E-state index contributed by atoms with van der Waals surface area (Å²) in [5, 5.41) is 29.7. The van der Waals surface area contributed by atoms with Gasteiger partial charge < -0.3 is 19.7 Å². The molecule has 70 heavy (non-hydrogen) atoms. The van der Waals surface area contributed by atoms with E-state index >= 15 is 0 Å². The van der Waals surface area contributed by atoms with Gasteiger partial charge in [0.1, 0.15) is 23.0 Å². The first-order valence-corrected chi connectivity index (χ1v) is 27.1. The molecule has 0 aromatic heterocycles. The van der Waals surface area contributed by atoms with E-state index in [4.69, 9.17) is 9.47 Å². The molecule has 0 radical (unpaired) electrons. The lowest BCUT2D eigenvalue weighted by atomic mass is 9.73. The Morgan fingerprint density at radius 2 is 0.757 bits per heavy atom. The molecule has 0 spiro atoms. The summed E-state index contributed by atoms with van der Waals surface area (Å²) in [6, 6.07) is 48.9. The second kappa shape index (κ2) is 23.3. The Hall–Kier alpha value is -6.00. The van der Waals surface area contributed by atoms with Crippen molar-refractivity contribution < 1.29 is 19.7 Å². The van der Waals surface area contributed by atoms with E-state index in [0.29, 0.717) is 23.0 Å². The molecule has 2 N–H and O–H groups in total. The second-order valence-electron chi connectivity index (χ2n) is 20.8. The Kier molecular flexibility index (Phi) is 16.3. The third-order valence-electron chi connectivity index (χ3n) is 16.6. The molecule has 0 saturated heterocycles. The fourth-order valence-corrected chi connectivity index (χ4v) is 12.7. The first-order valence-electron chi connectivity index (χ1n) is 27.1. The molecule has 3 aliphatic rings. The summed E-state index contributed by atoms with van der Waals surface area (Å²) in [7, 11) is 0. The maximum absolute atomic E-state index is 10.4. The normalized spacial score (nSPS) is 19.3. The number of hydrogen-bond donors (Lipinski definition) is 2. The topological polar surface area (TPSA) is 58.9 Å². The van der Waals surface area contributed by atoms with Gasteiger partial charge in [-0.05, 0) is 123 Å². The van der Waals surface area contributed by atoms with Crippen molar-refractivity contribution >= 4 is 43.1 Å². The van der Waals surface area contributed by atoms with Gasteiger partial charge in [-0.15, -0.1) is 0 Å². The maximum Gasteiger partial charge on any atom is 0.127 e. The molecule has 0 bridgehead atoms. The van der Waals surface area contributed by atoms with Crippen molar-refractivity contribution in [2.75, 3.05) is 13.2 Å². The Morgan fingerprint density at radius 1 is 0.400 bits per heavy atom. The molecule has 0 unspecified atom stereocenters. The molecule has 4 nitrogen and oxygen atoms in total.